The zero-order chi connectivity index (χ0) is 15.6. The zero-order valence-electron chi connectivity index (χ0n) is 11.8. The van der Waals surface area contributed by atoms with Gasteiger partial charge >= 0.3 is 5.97 Å². The molecule has 1 aliphatic rings. The summed E-state index contributed by atoms with van der Waals surface area (Å²) in [5.41, 5.74) is 5.59. The Kier molecular flexibility index (Phi) is 4.51. The van der Waals surface area contributed by atoms with E-state index in [1.54, 1.807) is 6.07 Å². The molecule has 1 amide bonds. The Morgan fingerprint density at radius 1 is 1.38 bits per heavy atom. The first-order chi connectivity index (χ1) is 9.79. The van der Waals surface area contributed by atoms with Crippen molar-refractivity contribution in [1.29, 1.82) is 0 Å². The number of hydrogen-bond donors (Lipinski definition) is 4. The number of hydrogen-bond acceptors (Lipinski definition) is 4. The van der Waals surface area contributed by atoms with E-state index in [1.165, 1.54) is 13.8 Å². The van der Waals surface area contributed by atoms with Gasteiger partial charge in [0.15, 0.2) is 0 Å². The van der Waals surface area contributed by atoms with E-state index in [2.05, 4.69) is 16.2 Å². The molecule has 1 aromatic carbocycles. The number of amides is 1. The van der Waals surface area contributed by atoms with Crippen molar-refractivity contribution in [2.75, 3.05) is 0 Å². The fourth-order valence-electron chi connectivity index (χ4n) is 2.12. The number of aliphatic carboxylic acids is 1. The Morgan fingerprint density at radius 3 is 2.71 bits per heavy atom. The summed E-state index contributed by atoms with van der Waals surface area (Å²) in [6, 6.07) is 6.85. The van der Waals surface area contributed by atoms with E-state index >= 15 is 0 Å². The van der Waals surface area contributed by atoms with Crippen molar-refractivity contribution < 1.29 is 14.7 Å². The molecule has 7 heteroatoms. The maximum absolute atomic E-state index is 12.1. The minimum absolute atomic E-state index is 0.0487. The third-order valence-electron chi connectivity index (χ3n) is 3.44. The molecule has 1 aliphatic heterocycles. The summed E-state index contributed by atoms with van der Waals surface area (Å²) in [6.45, 7) is 2.90. The molecule has 1 aromatic rings. The molecule has 1 saturated heterocycles. The molecule has 2 atom stereocenters. The fraction of sp³-hybridized carbons (Fsp3) is 0.429. The second-order valence-electron chi connectivity index (χ2n) is 5.60. The number of carboxylic acids is 1. The van der Waals surface area contributed by atoms with Crippen molar-refractivity contribution in [2.24, 2.45) is 0 Å². The standard InChI is InChI=1S/C14H18ClN3O3/c1-14(2,13(20)21)16-12(19)11-7-10(17-18-11)8-4-3-5-9(15)6-8/h3-6,10-11,17-18H,7H2,1-2H3,(H,16,19)(H,20,21). The Labute approximate surface area is 127 Å². The molecule has 0 radical (unpaired) electrons. The Morgan fingerprint density at radius 2 is 2.10 bits per heavy atom. The highest BCUT2D eigenvalue weighted by Crippen LogP contribution is 2.24. The molecule has 1 heterocycles. The highest BCUT2D eigenvalue weighted by atomic mass is 35.5. The van der Waals surface area contributed by atoms with Gasteiger partial charge in [0.25, 0.3) is 0 Å². The van der Waals surface area contributed by atoms with Gasteiger partial charge in [0.2, 0.25) is 5.91 Å². The molecular formula is C14H18ClN3O3. The quantitative estimate of drug-likeness (QED) is 0.671. The summed E-state index contributed by atoms with van der Waals surface area (Å²) in [6.07, 6.45) is 0.516. The fourth-order valence-corrected chi connectivity index (χ4v) is 2.32. The lowest BCUT2D eigenvalue weighted by Crippen LogP contribution is -2.55. The number of carbonyl (C=O) groups excluding carboxylic acids is 1. The highest BCUT2D eigenvalue weighted by Gasteiger charge is 2.35. The largest absolute Gasteiger partial charge is 0.480 e. The van der Waals surface area contributed by atoms with Crippen LogP contribution in [0.15, 0.2) is 24.3 Å². The molecule has 0 bridgehead atoms. The van der Waals surface area contributed by atoms with E-state index in [0.29, 0.717) is 11.4 Å². The van der Waals surface area contributed by atoms with Crippen LogP contribution < -0.4 is 16.2 Å². The van der Waals surface area contributed by atoms with E-state index in [-0.39, 0.29) is 11.9 Å². The maximum Gasteiger partial charge on any atom is 0.328 e. The van der Waals surface area contributed by atoms with Crippen LogP contribution in [0, 0.1) is 0 Å². The summed E-state index contributed by atoms with van der Waals surface area (Å²) in [4.78, 5) is 23.1. The van der Waals surface area contributed by atoms with E-state index in [1.807, 2.05) is 18.2 Å². The van der Waals surface area contributed by atoms with Gasteiger partial charge in [-0.25, -0.2) is 15.6 Å². The molecule has 2 unspecified atom stereocenters. The lowest BCUT2D eigenvalue weighted by molar-refractivity contribution is -0.146. The van der Waals surface area contributed by atoms with Crippen molar-refractivity contribution in [3.8, 4) is 0 Å². The molecule has 0 spiro atoms. The van der Waals surface area contributed by atoms with Crippen LogP contribution in [0.1, 0.15) is 31.9 Å². The predicted octanol–water partition coefficient (Wildman–Crippen LogP) is 1.23. The van der Waals surface area contributed by atoms with Crippen LogP contribution >= 0.6 is 11.6 Å². The Hall–Kier alpha value is -1.63. The van der Waals surface area contributed by atoms with Gasteiger partial charge in [-0.2, -0.15) is 0 Å². The van der Waals surface area contributed by atoms with Crippen molar-refractivity contribution in [3.05, 3.63) is 34.9 Å². The van der Waals surface area contributed by atoms with Crippen LogP contribution in [-0.4, -0.2) is 28.6 Å². The second-order valence-corrected chi connectivity index (χ2v) is 6.04. The first-order valence-electron chi connectivity index (χ1n) is 6.61. The summed E-state index contributed by atoms with van der Waals surface area (Å²) >= 11 is 5.95. The van der Waals surface area contributed by atoms with E-state index in [4.69, 9.17) is 16.7 Å². The average Bonchev–Trinajstić information content (AvgIpc) is 2.87. The maximum atomic E-state index is 12.1. The molecule has 1 fully saturated rings. The topological polar surface area (TPSA) is 90.5 Å². The van der Waals surface area contributed by atoms with Crippen LogP contribution in [0.5, 0.6) is 0 Å². The number of hydrazine groups is 1. The lowest BCUT2D eigenvalue weighted by atomic mass is 10.0. The Balaban J connectivity index is 1.99. The molecular weight excluding hydrogens is 294 g/mol. The molecule has 0 aliphatic carbocycles. The summed E-state index contributed by atoms with van der Waals surface area (Å²) in [7, 11) is 0. The zero-order valence-corrected chi connectivity index (χ0v) is 12.6. The normalized spacial score (nSPS) is 22.0. The molecule has 114 valence electrons. The van der Waals surface area contributed by atoms with Crippen molar-refractivity contribution in [1.82, 2.24) is 16.2 Å². The SMILES string of the molecule is CC(C)(NC(=O)C1CC(c2cccc(Cl)c2)NN1)C(=O)O. The van der Waals surface area contributed by atoms with Crippen LogP contribution in [0.3, 0.4) is 0 Å². The van der Waals surface area contributed by atoms with Crippen LogP contribution in [0.2, 0.25) is 5.02 Å². The minimum atomic E-state index is -1.30. The minimum Gasteiger partial charge on any atom is -0.480 e. The van der Waals surface area contributed by atoms with Gasteiger partial charge in [-0.15, -0.1) is 0 Å². The third kappa shape index (κ3) is 3.72. The molecule has 21 heavy (non-hydrogen) atoms. The monoisotopic (exact) mass is 311 g/mol. The molecule has 0 aromatic heterocycles. The van der Waals surface area contributed by atoms with Gasteiger partial charge in [0.1, 0.15) is 11.6 Å². The van der Waals surface area contributed by atoms with Gasteiger partial charge in [-0.1, -0.05) is 23.7 Å². The molecule has 6 nitrogen and oxygen atoms in total. The van der Waals surface area contributed by atoms with Crippen LogP contribution in [0.25, 0.3) is 0 Å². The van der Waals surface area contributed by atoms with Crippen LogP contribution in [0.4, 0.5) is 0 Å². The summed E-state index contributed by atoms with van der Waals surface area (Å²) < 4.78 is 0. The lowest BCUT2D eigenvalue weighted by Gasteiger charge is -2.23. The van der Waals surface area contributed by atoms with Gasteiger partial charge in [-0.3, -0.25) is 4.79 Å². The van der Waals surface area contributed by atoms with Crippen molar-refractivity contribution in [2.45, 2.75) is 37.9 Å². The summed E-state index contributed by atoms with van der Waals surface area (Å²) in [5, 5.41) is 12.2. The number of rotatable bonds is 4. The number of carboxylic acid groups (broad SMARTS) is 1. The number of nitrogens with one attached hydrogen (secondary N) is 3. The van der Waals surface area contributed by atoms with E-state index < -0.39 is 17.6 Å². The number of benzene rings is 1. The van der Waals surface area contributed by atoms with Crippen molar-refractivity contribution in [3.63, 3.8) is 0 Å². The second kappa shape index (κ2) is 6.01. The smallest absolute Gasteiger partial charge is 0.328 e. The van der Waals surface area contributed by atoms with Gasteiger partial charge in [0, 0.05) is 11.1 Å². The van der Waals surface area contributed by atoms with Crippen molar-refractivity contribution >= 4 is 23.5 Å². The first kappa shape index (κ1) is 15.8. The van der Waals surface area contributed by atoms with Gasteiger partial charge in [0.05, 0.1) is 0 Å². The third-order valence-corrected chi connectivity index (χ3v) is 3.68. The Bertz CT molecular complexity index is 562. The van der Waals surface area contributed by atoms with Gasteiger partial charge in [-0.05, 0) is 38.0 Å². The molecule has 0 saturated carbocycles. The number of halogens is 1. The first-order valence-corrected chi connectivity index (χ1v) is 6.99. The molecule has 2 rings (SSSR count). The van der Waals surface area contributed by atoms with E-state index in [0.717, 1.165) is 5.56 Å². The van der Waals surface area contributed by atoms with Gasteiger partial charge < -0.3 is 10.4 Å². The predicted molar refractivity (Wildman–Crippen MR) is 78.7 cm³/mol. The van der Waals surface area contributed by atoms with Crippen LogP contribution in [-0.2, 0) is 9.59 Å². The highest BCUT2D eigenvalue weighted by molar-refractivity contribution is 6.30. The molecule has 4 N–H and O–H groups in total. The van der Waals surface area contributed by atoms with E-state index in [9.17, 15) is 9.59 Å². The average molecular weight is 312 g/mol. The summed E-state index contributed by atoms with van der Waals surface area (Å²) in [5.74, 6) is -1.42. The number of carbonyl (C=O) groups is 2.